The first-order valence-corrected chi connectivity index (χ1v) is 10.8. The van der Waals surface area contributed by atoms with Crippen LogP contribution in [0, 0.1) is 13.8 Å². The molecule has 0 unspecified atom stereocenters. The number of aryl methyl sites for hydroxylation is 4. The van der Waals surface area contributed by atoms with Gasteiger partial charge in [-0.25, -0.2) is 4.98 Å². The Morgan fingerprint density at radius 3 is 2.71 bits per heavy atom. The molecule has 1 aromatic carbocycles. The van der Waals surface area contributed by atoms with Gasteiger partial charge >= 0.3 is 0 Å². The molecule has 9 heteroatoms. The molecule has 3 aromatic heterocycles. The van der Waals surface area contributed by atoms with E-state index in [1.54, 1.807) is 11.6 Å². The molecule has 0 bridgehead atoms. The van der Waals surface area contributed by atoms with Gasteiger partial charge in [0, 0.05) is 24.2 Å². The normalized spacial score (nSPS) is 11.0. The molecule has 1 N–H and O–H groups in total. The van der Waals surface area contributed by atoms with E-state index in [4.69, 9.17) is 9.26 Å². The molecule has 1 amide bonds. The average molecular weight is 438 g/mol. The van der Waals surface area contributed by atoms with Crippen LogP contribution >= 0.6 is 11.3 Å². The number of nitrogens with one attached hydrogen (secondary N) is 1. The van der Waals surface area contributed by atoms with E-state index in [1.807, 2.05) is 49.8 Å². The maximum absolute atomic E-state index is 12.8. The van der Waals surface area contributed by atoms with Crippen molar-refractivity contribution in [2.75, 3.05) is 5.32 Å². The average Bonchev–Trinajstić information content (AvgIpc) is 3.45. The quantitative estimate of drug-likeness (QED) is 0.456. The standard InChI is InChI=1S/C22H23N5O3S/c1-5-15-6-8-16(9-7-15)29-11-18-14(3)30-26-20(18)21(28)24-22-23-19(12-31-22)17-10-27(4)25-13(17)2/h6-10,12H,5,11H2,1-4H3,(H,23,24,28). The lowest BCUT2D eigenvalue weighted by atomic mass is 10.1. The lowest BCUT2D eigenvalue weighted by molar-refractivity contribution is 0.101. The van der Waals surface area contributed by atoms with Crippen LogP contribution < -0.4 is 10.1 Å². The van der Waals surface area contributed by atoms with Crippen molar-refractivity contribution in [1.29, 1.82) is 0 Å². The summed E-state index contributed by atoms with van der Waals surface area (Å²) in [5.74, 6) is 0.877. The first-order valence-electron chi connectivity index (χ1n) is 9.89. The van der Waals surface area contributed by atoms with Gasteiger partial charge in [-0.05, 0) is 38.0 Å². The molecule has 0 saturated heterocycles. The van der Waals surface area contributed by atoms with Crippen molar-refractivity contribution in [3.63, 3.8) is 0 Å². The van der Waals surface area contributed by atoms with Gasteiger partial charge in [0.2, 0.25) is 0 Å². The fraction of sp³-hybridized carbons (Fsp3) is 0.273. The minimum atomic E-state index is -0.388. The molecule has 0 saturated carbocycles. The molecule has 31 heavy (non-hydrogen) atoms. The molecule has 0 radical (unpaired) electrons. The van der Waals surface area contributed by atoms with Crippen molar-refractivity contribution < 1.29 is 14.1 Å². The van der Waals surface area contributed by atoms with E-state index in [0.29, 0.717) is 16.5 Å². The highest BCUT2D eigenvalue weighted by Gasteiger charge is 2.22. The highest BCUT2D eigenvalue weighted by molar-refractivity contribution is 7.14. The molecule has 160 valence electrons. The van der Waals surface area contributed by atoms with E-state index in [2.05, 4.69) is 27.5 Å². The molecular formula is C22H23N5O3S. The van der Waals surface area contributed by atoms with Crippen molar-refractivity contribution >= 4 is 22.4 Å². The minimum absolute atomic E-state index is 0.182. The van der Waals surface area contributed by atoms with Crippen LogP contribution in [0.5, 0.6) is 5.75 Å². The fourth-order valence-corrected chi connectivity index (χ4v) is 3.88. The van der Waals surface area contributed by atoms with Crippen LogP contribution in [0.15, 0.2) is 40.4 Å². The Bertz CT molecular complexity index is 1210. The number of anilines is 1. The molecule has 0 atom stereocenters. The van der Waals surface area contributed by atoms with Crippen molar-refractivity contribution in [2.24, 2.45) is 7.05 Å². The first kappa shape index (κ1) is 20.8. The summed E-state index contributed by atoms with van der Waals surface area (Å²) >= 11 is 1.34. The summed E-state index contributed by atoms with van der Waals surface area (Å²) in [7, 11) is 1.86. The van der Waals surface area contributed by atoms with E-state index < -0.39 is 0 Å². The van der Waals surface area contributed by atoms with E-state index in [0.717, 1.165) is 29.1 Å². The zero-order valence-corrected chi connectivity index (χ0v) is 18.6. The third-order valence-corrected chi connectivity index (χ3v) is 5.69. The monoisotopic (exact) mass is 437 g/mol. The van der Waals surface area contributed by atoms with Gasteiger partial charge in [-0.15, -0.1) is 11.3 Å². The molecule has 3 heterocycles. The number of nitrogens with zero attached hydrogens (tertiary/aromatic N) is 4. The maximum atomic E-state index is 12.8. The van der Waals surface area contributed by atoms with E-state index in [1.165, 1.54) is 16.9 Å². The summed E-state index contributed by atoms with van der Waals surface area (Å²) in [6.45, 7) is 5.97. The summed E-state index contributed by atoms with van der Waals surface area (Å²) in [5, 5.41) is 13.4. The molecule has 4 rings (SSSR count). The Morgan fingerprint density at radius 2 is 2.03 bits per heavy atom. The number of hydrogen-bond donors (Lipinski definition) is 1. The van der Waals surface area contributed by atoms with Gasteiger partial charge < -0.3 is 9.26 Å². The molecule has 0 spiro atoms. The Labute approximate surface area is 183 Å². The van der Waals surface area contributed by atoms with Crippen LogP contribution in [0.2, 0.25) is 0 Å². The third-order valence-electron chi connectivity index (χ3n) is 4.93. The highest BCUT2D eigenvalue weighted by atomic mass is 32.1. The Balaban J connectivity index is 1.46. The molecular weight excluding hydrogens is 414 g/mol. The van der Waals surface area contributed by atoms with Crippen molar-refractivity contribution in [3.05, 3.63) is 64.1 Å². The van der Waals surface area contributed by atoms with Gasteiger partial charge in [0.25, 0.3) is 5.91 Å². The van der Waals surface area contributed by atoms with Crippen LogP contribution in [-0.4, -0.2) is 25.8 Å². The van der Waals surface area contributed by atoms with Gasteiger partial charge in [0.15, 0.2) is 10.8 Å². The third kappa shape index (κ3) is 4.51. The zero-order valence-electron chi connectivity index (χ0n) is 17.8. The van der Waals surface area contributed by atoms with Crippen molar-refractivity contribution in [2.45, 2.75) is 33.8 Å². The largest absolute Gasteiger partial charge is 0.489 e. The number of ether oxygens (including phenoxy) is 1. The number of hydrogen-bond acceptors (Lipinski definition) is 7. The van der Waals surface area contributed by atoms with Crippen LogP contribution in [0.3, 0.4) is 0 Å². The molecule has 0 fully saturated rings. The summed E-state index contributed by atoms with van der Waals surface area (Å²) in [5.41, 5.74) is 4.61. The number of thiazole rings is 1. The lowest BCUT2D eigenvalue weighted by Gasteiger charge is -2.07. The Morgan fingerprint density at radius 1 is 1.26 bits per heavy atom. The first-order chi connectivity index (χ1) is 14.9. The number of benzene rings is 1. The number of amides is 1. The van der Waals surface area contributed by atoms with Gasteiger partial charge in [0.05, 0.1) is 17.0 Å². The fourth-order valence-electron chi connectivity index (χ4n) is 3.18. The topological polar surface area (TPSA) is 95.1 Å². The number of carbonyl (C=O) groups excluding carboxylic acids is 1. The molecule has 0 aliphatic heterocycles. The van der Waals surface area contributed by atoms with E-state index >= 15 is 0 Å². The van der Waals surface area contributed by atoms with Crippen LogP contribution in [-0.2, 0) is 20.1 Å². The minimum Gasteiger partial charge on any atom is -0.489 e. The van der Waals surface area contributed by atoms with Gasteiger partial charge in [0.1, 0.15) is 18.1 Å². The van der Waals surface area contributed by atoms with Gasteiger partial charge in [-0.1, -0.05) is 24.2 Å². The highest BCUT2D eigenvalue weighted by Crippen LogP contribution is 2.27. The Hall–Kier alpha value is -3.46. The van der Waals surface area contributed by atoms with Gasteiger partial charge in [-0.2, -0.15) is 5.10 Å². The van der Waals surface area contributed by atoms with E-state index in [-0.39, 0.29) is 18.2 Å². The molecule has 0 aliphatic rings. The summed E-state index contributed by atoms with van der Waals surface area (Å²) in [6.07, 6.45) is 2.87. The smallest absolute Gasteiger partial charge is 0.280 e. The number of rotatable bonds is 7. The van der Waals surface area contributed by atoms with Crippen molar-refractivity contribution in [1.82, 2.24) is 19.9 Å². The molecule has 0 aliphatic carbocycles. The molecule has 4 aromatic rings. The Kier molecular flexibility index (Phi) is 5.85. The summed E-state index contributed by atoms with van der Waals surface area (Å²) < 4.78 is 12.8. The lowest BCUT2D eigenvalue weighted by Crippen LogP contribution is -2.15. The van der Waals surface area contributed by atoms with Crippen LogP contribution in [0.25, 0.3) is 11.3 Å². The van der Waals surface area contributed by atoms with Crippen molar-refractivity contribution in [3.8, 4) is 17.0 Å². The predicted octanol–water partition coefficient (Wildman–Crippen LogP) is 4.54. The van der Waals surface area contributed by atoms with Crippen LogP contribution in [0.4, 0.5) is 5.13 Å². The van der Waals surface area contributed by atoms with Crippen LogP contribution in [0.1, 0.15) is 40.0 Å². The second-order valence-electron chi connectivity index (χ2n) is 7.15. The SMILES string of the molecule is CCc1ccc(OCc2c(C(=O)Nc3nc(-c4cn(C)nc4C)cs3)noc2C)cc1. The predicted molar refractivity (Wildman–Crippen MR) is 118 cm³/mol. The van der Waals surface area contributed by atoms with E-state index in [9.17, 15) is 4.79 Å². The second kappa shape index (κ2) is 8.73. The number of aromatic nitrogens is 4. The summed E-state index contributed by atoms with van der Waals surface area (Å²) in [4.78, 5) is 17.3. The van der Waals surface area contributed by atoms with Gasteiger partial charge in [-0.3, -0.25) is 14.8 Å². The number of carbonyl (C=O) groups is 1. The summed E-state index contributed by atoms with van der Waals surface area (Å²) in [6, 6.07) is 7.87. The molecule has 8 nitrogen and oxygen atoms in total. The maximum Gasteiger partial charge on any atom is 0.280 e. The second-order valence-corrected chi connectivity index (χ2v) is 8.00. The zero-order chi connectivity index (χ0) is 22.0.